The molecular weight excluding hydrogens is 292 g/mol. The number of hydrogen-bond acceptors (Lipinski definition) is 1. The highest BCUT2D eigenvalue weighted by atomic mass is 16.1. The minimum absolute atomic E-state index is 0.369. The molecule has 3 rings (SSSR count). The van der Waals surface area contributed by atoms with Crippen LogP contribution in [-0.2, 0) is 4.79 Å². The van der Waals surface area contributed by atoms with Crippen LogP contribution in [0.2, 0.25) is 0 Å². The first-order valence-electron chi connectivity index (χ1n) is 9.01. The first-order valence-corrected chi connectivity index (χ1v) is 9.01. The van der Waals surface area contributed by atoms with Crippen LogP contribution in [-0.4, -0.2) is 5.78 Å². The van der Waals surface area contributed by atoms with Crippen LogP contribution in [0.1, 0.15) is 51.5 Å². The second kappa shape index (κ2) is 7.61. The number of allylic oxidation sites excluding steroid dienone is 8. The summed E-state index contributed by atoms with van der Waals surface area (Å²) in [6.45, 7) is 4.34. The lowest BCUT2D eigenvalue weighted by Crippen LogP contribution is -2.06. The molecule has 2 aliphatic rings. The molecule has 1 unspecified atom stereocenters. The zero-order valence-electron chi connectivity index (χ0n) is 14.7. The normalized spacial score (nSPS) is 19.7. The molecule has 0 aliphatic heterocycles. The number of hydrogen-bond donors (Lipinski definition) is 0. The molecule has 0 saturated carbocycles. The Hall–Kier alpha value is -2.15. The van der Waals surface area contributed by atoms with Crippen molar-refractivity contribution in [1.29, 1.82) is 0 Å². The zero-order valence-corrected chi connectivity index (χ0v) is 14.7. The SMILES string of the molecule is CCC1C(CCC(=O)CC2=CC(C)=CC2)=CC=C1c1ccccc1. The van der Waals surface area contributed by atoms with Crippen molar-refractivity contribution in [1.82, 2.24) is 0 Å². The van der Waals surface area contributed by atoms with Gasteiger partial charge < -0.3 is 0 Å². The smallest absolute Gasteiger partial charge is 0.137 e. The lowest BCUT2D eigenvalue weighted by Gasteiger charge is -2.18. The van der Waals surface area contributed by atoms with E-state index in [1.807, 2.05) is 0 Å². The second-order valence-electron chi connectivity index (χ2n) is 6.86. The van der Waals surface area contributed by atoms with Crippen LogP contribution < -0.4 is 0 Å². The standard InChI is InChI=1S/C23H26O/c1-3-22-20(12-14-23(22)19-7-5-4-6-8-19)11-13-21(24)16-18-10-9-17(2)15-18/h4-9,12,14-15,22H,3,10-11,13,16H2,1-2H3. The van der Waals surface area contributed by atoms with E-state index in [9.17, 15) is 4.79 Å². The zero-order chi connectivity index (χ0) is 16.9. The quantitative estimate of drug-likeness (QED) is 0.598. The Labute approximate surface area is 145 Å². The molecule has 1 heteroatoms. The van der Waals surface area contributed by atoms with E-state index in [0.717, 1.165) is 19.3 Å². The van der Waals surface area contributed by atoms with Crippen molar-refractivity contribution in [3.8, 4) is 0 Å². The molecule has 0 N–H and O–H groups in total. The third kappa shape index (κ3) is 3.84. The van der Waals surface area contributed by atoms with Gasteiger partial charge in [0.1, 0.15) is 5.78 Å². The van der Waals surface area contributed by atoms with Gasteiger partial charge in [0.15, 0.2) is 0 Å². The predicted octanol–water partition coefficient (Wildman–Crippen LogP) is 6.05. The highest BCUT2D eigenvalue weighted by Gasteiger charge is 2.23. The Morgan fingerprint density at radius 3 is 2.62 bits per heavy atom. The number of rotatable bonds is 7. The van der Waals surface area contributed by atoms with E-state index in [0.29, 0.717) is 24.5 Å². The maximum absolute atomic E-state index is 12.3. The van der Waals surface area contributed by atoms with Gasteiger partial charge in [-0.3, -0.25) is 4.79 Å². The van der Waals surface area contributed by atoms with Gasteiger partial charge in [-0.05, 0) is 37.3 Å². The summed E-state index contributed by atoms with van der Waals surface area (Å²) in [7, 11) is 0. The van der Waals surface area contributed by atoms with Crippen LogP contribution >= 0.6 is 0 Å². The molecular formula is C23H26O. The third-order valence-electron chi connectivity index (χ3n) is 5.05. The third-order valence-corrected chi connectivity index (χ3v) is 5.05. The molecule has 2 aliphatic carbocycles. The Morgan fingerprint density at radius 2 is 1.96 bits per heavy atom. The summed E-state index contributed by atoms with van der Waals surface area (Å²) in [5.41, 5.74) is 6.69. The van der Waals surface area contributed by atoms with E-state index in [4.69, 9.17) is 0 Å². The van der Waals surface area contributed by atoms with E-state index in [1.165, 1.54) is 27.9 Å². The van der Waals surface area contributed by atoms with Crippen molar-refractivity contribution in [2.24, 2.45) is 5.92 Å². The summed E-state index contributed by atoms with van der Waals surface area (Å²) in [6, 6.07) is 10.6. The van der Waals surface area contributed by atoms with Crippen molar-refractivity contribution < 1.29 is 4.79 Å². The first-order chi connectivity index (χ1) is 11.7. The van der Waals surface area contributed by atoms with Crippen molar-refractivity contribution in [3.63, 3.8) is 0 Å². The Kier molecular flexibility index (Phi) is 5.30. The summed E-state index contributed by atoms with van der Waals surface area (Å²) in [5, 5.41) is 0. The molecule has 124 valence electrons. The average Bonchev–Trinajstić information content (AvgIpc) is 3.19. The molecule has 0 spiro atoms. The van der Waals surface area contributed by atoms with E-state index in [-0.39, 0.29) is 0 Å². The molecule has 0 fully saturated rings. The molecule has 1 atom stereocenters. The summed E-state index contributed by atoms with van der Waals surface area (Å²) >= 11 is 0. The van der Waals surface area contributed by atoms with Gasteiger partial charge in [-0.15, -0.1) is 0 Å². The fourth-order valence-corrected chi connectivity index (χ4v) is 3.78. The van der Waals surface area contributed by atoms with Gasteiger partial charge in [-0.1, -0.05) is 78.3 Å². The monoisotopic (exact) mass is 318 g/mol. The number of carbonyl (C=O) groups is 1. The van der Waals surface area contributed by atoms with Gasteiger partial charge in [-0.2, -0.15) is 0 Å². The summed E-state index contributed by atoms with van der Waals surface area (Å²) in [5.74, 6) is 0.836. The molecule has 24 heavy (non-hydrogen) atoms. The van der Waals surface area contributed by atoms with Gasteiger partial charge in [0.05, 0.1) is 0 Å². The largest absolute Gasteiger partial charge is 0.299 e. The van der Waals surface area contributed by atoms with Gasteiger partial charge in [-0.25, -0.2) is 0 Å². The molecule has 0 bridgehead atoms. The van der Waals surface area contributed by atoms with Gasteiger partial charge >= 0.3 is 0 Å². The molecule has 1 aromatic rings. The minimum Gasteiger partial charge on any atom is -0.299 e. The van der Waals surface area contributed by atoms with Crippen LogP contribution in [0.3, 0.4) is 0 Å². The molecule has 0 aromatic heterocycles. The van der Waals surface area contributed by atoms with Crippen LogP contribution in [0.5, 0.6) is 0 Å². The van der Waals surface area contributed by atoms with E-state index in [2.05, 4.69) is 68.5 Å². The van der Waals surface area contributed by atoms with Crippen LogP contribution in [0, 0.1) is 5.92 Å². The number of carbonyl (C=O) groups excluding carboxylic acids is 1. The van der Waals surface area contributed by atoms with Crippen molar-refractivity contribution in [3.05, 3.63) is 76.9 Å². The molecule has 1 aromatic carbocycles. The Bertz CT molecular complexity index is 729. The van der Waals surface area contributed by atoms with Gasteiger partial charge in [0.2, 0.25) is 0 Å². The number of benzene rings is 1. The highest BCUT2D eigenvalue weighted by Crippen LogP contribution is 2.38. The van der Waals surface area contributed by atoms with Crippen LogP contribution in [0.25, 0.3) is 5.57 Å². The molecule has 0 saturated heterocycles. The second-order valence-corrected chi connectivity index (χ2v) is 6.86. The van der Waals surface area contributed by atoms with Crippen LogP contribution in [0.15, 0.2) is 71.4 Å². The Morgan fingerprint density at radius 1 is 1.17 bits per heavy atom. The number of Topliss-reactive ketones (excluding diaryl/α,β-unsaturated/α-hetero) is 1. The summed E-state index contributed by atoms with van der Waals surface area (Å²) in [4.78, 5) is 12.3. The number of ketones is 1. The maximum Gasteiger partial charge on any atom is 0.137 e. The summed E-state index contributed by atoms with van der Waals surface area (Å²) < 4.78 is 0. The van der Waals surface area contributed by atoms with Crippen LogP contribution in [0.4, 0.5) is 0 Å². The van der Waals surface area contributed by atoms with E-state index < -0.39 is 0 Å². The van der Waals surface area contributed by atoms with E-state index >= 15 is 0 Å². The van der Waals surface area contributed by atoms with Crippen molar-refractivity contribution >= 4 is 11.4 Å². The topological polar surface area (TPSA) is 17.1 Å². The minimum atomic E-state index is 0.369. The lowest BCUT2D eigenvalue weighted by molar-refractivity contribution is -0.118. The maximum atomic E-state index is 12.3. The molecule has 0 amide bonds. The molecule has 0 radical (unpaired) electrons. The fraction of sp³-hybridized carbons (Fsp3) is 0.348. The van der Waals surface area contributed by atoms with E-state index in [1.54, 1.807) is 0 Å². The molecule has 0 heterocycles. The summed E-state index contributed by atoms with van der Waals surface area (Å²) in [6.07, 6.45) is 13.1. The lowest BCUT2D eigenvalue weighted by atomic mass is 9.86. The predicted molar refractivity (Wildman–Crippen MR) is 102 cm³/mol. The average molecular weight is 318 g/mol. The van der Waals surface area contributed by atoms with Crippen molar-refractivity contribution in [2.45, 2.75) is 46.0 Å². The molecule has 1 nitrogen and oxygen atoms in total. The van der Waals surface area contributed by atoms with Crippen molar-refractivity contribution in [2.75, 3.05) is 0 Å². The Balaban J connectivity index is 1.55. The van der Waals surface area contributed by atoms with Gasteiger partial charge in [0, 0.05) is 18.8 Å². The first kappa shape index (κ1) is 16.7. The fourth-order valence-electron chi connectivity index (χ4n) is 3.78. The highest BCUT2D eigenvalue weighted by molar-refractivity contribution is 5.82. The van der Waals surface area contributed by atoms with Gasteiger partial charge in [0.25, 0.3) is 0 Å².